The maximum absolute atomic E-state index is 11.9. The van der Waals surface area contributed by atoms with Gasteiger partial charge in [0.15, 0.2) is 0 Å². The number of hydrogen-bond donors (Lipinski definition) is 2. The second-order valence-electron chi connectivity index (χ2n) is 4.28. The van der Waals surface area contributed by atoms with Gasteiger partial charge >= 0.3 is 5.97 Å². The molecule has 106 valence electrons. The lowest BCUT2D eigenvalue weighted by Gasteiger charge is -2.29. The monoisotopic (exact) mass is 469 g/mol. The Morgan fingerprint density at radius 1 is 1.22 bits per heavy atom. The summed E-state index contributed by atoms with van der Waals surface area (Å²) in [5.41, 5.74) is 0. The van der Waals surface area contributed by atoms with Crippen LogP contribution in [0.5, 0.6) is 0 Å². The molecule has 0 radical (unpaired) electrons. The van der Waals surface area contributed by atoms with Gasteiger partial charge in [-0.05, 0) is 66.5 Å². The number of sulfonamides is 1. The summed E-state index contributed by atoms with van der Waals surface area (Å²) >= 11 is 8.67. The standard InChI is InChI=1S/C9H14Br3NO4S/c10-9(11,12)18(16,17)13-7(8(14)15)6-4-2-1-3-5-6/h6-7,13H,1-5H2,(H,14,15). The molecule has 0 aromatic carbocycles. The summed E-state index contributed by atoms with van der Waals surface area (Å²) in [7, 11) is -3.87. The number of hydrogen-bond acceptors (Lipinski definition) is 3. The lowest BCUT2D eigenvalue weighted by Crippen LogP contribution is -2.49. The van der Waals surface area contributed by atoms with Crippen LogP contribution >= 0.6 is 47.8 Å². The van der Waals surface area contributed by atoms with Crippen LogP contribution in [0, 0.1) is 5.92 Å². The topological polar surface area (TPSA) is 83.5 Å². The van der Waals surface area contributed by atoms with Crippen molar-refractivity contribution >= 4 is 63.8 Å². The first kappa shape index (κ1) is 16.9. The van der Waals surface area contributed by atoms with Crippen molar-refractivity contribution in [2.75, 3.05) is 0 Å². The van der Waals surface area contributed by atoms with Gasteiger partial charge < -0.3 is 5.11 Å². The van der Waals surface area contributed by atoms with E-state index in [0.29, 0.717) is 0 Å². The Labute approximate surface area is 132 Å². The second-order valence-corrected chi connectivity index (χ2v) is 14.5. The van der Waals surface area contributed by atoms with Crippen molar-refractivity contribution in [1.82, 2.24) is 4.72 Å². The minimum Gasteiger partial charge on any atom is -0.480 e. The number of rotatable bonds is 4. The predicted molar refractivity (Wildman–Crippen MR) is 79.6 cm³/mol. The molecule has 1 aliphatic carbocycles. The van der Waals surface area contributed by atoms with Gasteiger partial charge in [0, 0.05) is 0 Å². The van der Waals surface area contributed by atoms with Gasteiger partial charge in [-0.15, -0.1) is 0 Å². The van der Waals surface area contributed by atoms with E-state index in [4.69, 9.17) is 0 Å². The van der Waals surface area contributed by atoms with Gasteiger partial charge in [0.2, 0.25) is 11.5 Å². The van der Waals surface area contributed by atoms with Crippen LogP contribution in [-0.4, -0.2) is 27.0 Å². The fourth-order valence-corrected chi connectivity index (χ4v) is 3.65. The van der Waals surface area contributed by atoms with E-state index >= 15 is 0 Å². The molecule has 1 aliphatic rings. The molecule has 0 bridgehead atoms. The average Bonchev–Trinajstić information content (AvgIpc) is 2.25. The molecule has 0 spiro atoms. The first-order chi connectivity index (χ1) is 8.15. The van der Waals surface area contributed by atoms with E-state index in [1.165, 1.54) is 0 Å². The molecule has 1 unspecified atom stereocenters. The van der Waals surface area contributed by atoms with E-state index in [1.807, 2.05) is 0 Å². The van der Waals surface area contributed by atoms with Crippen molar-refractivity contribution in [2.45, 2.75) is 39.6 Å². The SMILES string of the molecule is O=C(O)C(NS(=O)(=O)C(Br)(Br)Br)C1CCCCC1. The van der Waals surface area contributed by atoms with Crippen molar-refractivity contribution in [3.8, 4) is 0 Å². The van der Waals surface area contributed by atoms with Crippen molar-refractivity contribution < 1.29 is 18.3 Å². The van der Waals surface area contributed by atoms with Gasteiger partial charge in [0.05, 0.1) is 0 Å². The fourth-order valence-electron chi connectivity index (χ4n) is 2.05. The van der Waals surface area contributed by atoms with E-state index < -0.39 is 23.5 Å². The summed E-state index contributed by atoms with van der Waals surface area (Å²) in [6.45, 7) is 0. The van der Waals surface area contributed by atoms with Crippen LogP contribution in [-0.2, 0) is 14.8 Å². The lowest BCUT2D eigenvalue weighted by molar-refractivity contribution is -0.140. The van der Waals surface area contributed by atoms with Crippen LogP contribution in [0.2, 0.25) is 0 Å². The van der Waals surface area contributed by atoms with Gasteiger partial charge in [-0.1, -0.05) is 19.3 Å². The number of aliphatic carboxylic acids is 1. The van der Waals surface area contributed by atoms with Crippen molar-refractivity contribution in [3.05, 3.63) is 0 Å². The molecule has 1 saturated carbocycles. The molecule has 9 heteroatoms. The van der Waals surface area contributed by atoms with Crippen LogP contribution in [0.3, 0.4) is 0 Å². The Hall–Kier alpha value is 0.820. The molecular formula is C9H14Br3NO4S. The molecule has 5 nitrogen and oxygen atoms in total. The molecular weight excluding hydrogens is 458 g/mol. The number of carboxylic acid groups (broad SMARTS) is 1. The van der Waals surface area contributed by atoms with E-state index in [2.05, 4.69) is 52.5 Å². The first-order valence-electron chi connectivity index (χ1n) is 5.46. The smallest absolute Gasteiger partial charge is 0.322 e. The van der Waals surface area contributed by atoms with Gasteiger partial charge in [0.1, 0.15) is 6.04 Å². The Kier molecular flexibility index (Phi) is 6.11. The highest BCUT2D eigenvalue weighted by molar-refractivity contribution is 9.42. The Morgan fingerprint density at radius 2 is 1.72 bits per heavy atom. The number of halogens is 3. The molecule has 2 N–H and O–H groups in total. The van der Waals surface area contributed by atoms with Crippen LogP contribution < -0.4 is 4.72 Å². The molecule has 0 aliphatic heterocycles. The Morgan fingerprint density at radius 3 is 2.11 bits per heavy atom. The average molecular weight is 472 g/mol. The zero-order valence-electron chi connectivity index (χ0n) is 9.40. The van der Waals surface area contributed by atoms with Crippen LogP contribution in [0.1, 0.15) is 32.1 Å². The summed E-state index contributed by atoms with van der Waals surface area (Å²) in [5, 5.41) is 9.18. The zero-order valence-corrected chi connectivity index (χ0v) is 15.0. The van der Waals surface area contributed by atoms with E-state index in [0.717, 1.165) is 32.1 Å². The lowest BCUT2D eigenvalue weighted by atomic mass is 9.84. The Bertz CT molecular complexity index is 401. The molecule has 0 heterocycles. The number of carboxylic acids is 1. The largest absolute Gasteiger partial charge is 0.480 e. The molecule has 1 rings (SSSR count). The Balaban J connectivity index is 2.84. The summed E-state index contributed by atoms with van der Waals surface area (Å²) < 4.78 is 24.5. The van der Waals surface area contributed by atoms with Crippen LogP contribution in [0.4, 0.5) is 0 Å². The van der Waals surface area contributed by atoms with E-state index in [9.17, 15) is 18.3 Å². The maximum Gasteiger partial charge on any atom is 0.322 e. The first-order valence-corrected chi connectivity index (χ1v) is 9.33. The zero-order chi connectivity index (χ0) is 14.0. The summed E-state index contributed by atoms with van der Waals surface area (Å²) in [5.74, 6) is -1.29. The van der Waals surface area contributed by atoms with E-state index in [-0.39, 0.29) is 5.92 Å². The van der Waals surface area contributed by atoms with Crippen molar-refractivity contribution in [3.63, 3.8) is 0 Å². The quantitative estimate of drug-likeness (QED) is 0.617. The van der Waals surface area contributed by atoms with Crippen molar-refractivity contribution in [1.29, 1.82) is 0 Å². The normalized spacial score (nSPS) is 20.6. The third kappa shape index (κ3) is 4.43. The summed E-state index contributed by atoms with van der Waals surface area (Å²) in [4.78, 5) is 11.2. The van der Waals surface area contributed by atoms with Gasteiger partial charge in [0.25, 0.3) is 0 Å². The number of carbonyl (C=O) groups is 1. The van der Waals surface area contributed by atoms with Gasteiger partial charge in [-0.3, -0.25) is 4.79 Å². The molecule has 0 aromatic heterocycles. The summed E-state index contributed by atoms with van der Waals surface area (Å²) in [6, 6.07) is -1.08. The number of nitrogens with one attached hydrogen (secondary N) is 1. The molecule has 0 saturated heterocycles. The molecule has 0 aromatic rings. The van der Waals surface area contributed by atoms with Gasteiger partial charge in [-0.25, -0.2) is 8.42 Å². The predicted octanol–water partition coefficient (Wildman–Crippen LogP) is 2.74. The minimum absolute atomic E-state index is 0.152. The molecule has 0 amide bonds. The van der Waals surface area contributed by atoms with Crippen LogP contribution in [0.15, 0.2) is 0 Å². The second kappa shape index (κ2) is 6.51. The highest BCUT2D eigenvalue weighted by Gasteiger charge is 2.41. The number of alkyl halides is 3. The van der Waals surface area contributed by atoms with E-state index in [1.54, 1.807) is 0 Å². The highest BCUT2D eigenvalue weighted by Crippen LogP contribution is 2.39. The third-order valence-electron chi connectivity index (χ3n) is 2.97. The summed E-state index contributed by atoms with van der Waals surface area (Å²) in [6.07, 6.45) is 4.43. The van der Waals surface area contributed by atoms with Crippen molar-refractivity contribution in [2.24, 2.45) is 5.92 Å². The molecule has 1 fully saturated rings. The molecule has 18 heavy (non-hydrogen) atoms. The minimum atomic E-state index is -3.87. The fraction of sp³-hybridized carbons (Fsp3) is 0.889. The van der Waals surface area contributed by atoms with Gasteiger partial charge in [-0.2, -0.15) is 4.72 Å². The van der Waals surface area contributed by atoms with Crippen LogP contribution in [0.25, 0.3) is 0 Å². The highest BCUT2D eigenvalue weighted by atomic mass is 80.0. The maximum atomic E-state index is 11.9. The molecule has 1 atom stereocenters. The third-order valence-corrected chi connectivity index (χ3v) is 7.98.